The molecule has 1 spiro atoms. The summed E-state index contributed by atoms with van der Waals surface area (Å²) < 4.78 is 40.6. The average molecular weight is 644 g/mol. The molecule has 0 aromatic heterocycles. The van der Waals surface area contributed by atoms with Gasteiger partial charge in [-0.05, 0) is 116 Å². The number of aryl methyl sites for hydroxylation is 1. The number of aromatic carboxylic acids is 1. The van der Waals surface area contributed by atoms with Crippen LogP contribution in [0.25, 0.3) is 0 Å². The molecule has 1 aliphatic heterocycles. The molecule has 0 saturated heterocycles. The zero-order chi connectivity index (χ0) is 31.1. The van der Waals surface area contributed by atoms with E-state index in [-0.39, 0.29) is 29.6 Å². The van der Waals surface area contributed by atoms with Gasteiger partial charge in [-0.1, -0.05) is 23.7 Å². The molecule has 1 saturated carbocycles. The number of ether oxygens (including phenoxy) is 2. The molecule has 8 nitrogen and oxygen atoms in total. The predicted octanol–water partition coefficient (Wildman–Crippen LogP) is 6.26. The number of anilines is 1. The van der Waals surface area contributed by atoms with Gasteiger partial charge in [0.15, 0.2) is 0 Å². The van der Waals surface area contributed by atoms with Crippen molar-refractivity contribution in [3.05, 3.63) is 69.8 Å². The minimum atomic E-state index is -3.45. The van der Waals surface area contributed by atoms with E-state index in [0.717, 1.165) is 87.2 Å². The van der Waals surface area contributed by atoms with Gasteiger partial charge in [0.25, 0.3) is 10.1 Å². The van der Waals surface area contributed by atoms with Gasteiger partial charge < -0.3 is 19.5 Å². The predicted molar refractivity (Wildman–Crippen MR) is 170 cm³/mol. The van der Waals surface area contributed by atoms with Gasteiger partial charge >= 0.3 is 5.97 Å². The fraction of sp³-hybridized carbons (Fsp3) is 0.559. The molecule has 44 heavy (non-hydrogen) atoms. The number of hydrogen-bond donors (Lipinski definition) is 1. The Kier molecular flexibility index (Phi) is 9.03. The monoisotopic (exact) mass is 643 g/mol. The number of hydrogen-bond acceptors (Lipinski definition) is 7. The van der Waals surface area contributed by atoms with Crippen LogP contribution in [-0.2, 0) is 30.9 Å². The number of rotatable bonds is 9. The van der Waals surface area contributed by atoms with Crippen LogP contribution in [0.4, 0.5) is 5.69 Å². The van der Waals surface area contributed by atoms with Gasteiger partial charge in [0, 0.05) is 30.6 Å². The third-order valence-corrected chi connectivity index (χ3v) is 11.1. The van der Waals surface area contributed by atoms with Crippen molar-refractivity contribution in [2.45, 2.75) is 62.9 Å². The number of nitrogens with zero attached hydrogens (tertiary/aromatic N) is 1. The van der Waals surface area contributed by atoms with Crippen molar-refractivity contribution < 1.29 is 32.0 Å². The molecule has 2 aromatic carbocycles. The number of carboxylic acid groups (broad SMARTS) is 1. The first kappa shape index (κ1) is 31.4. The Bertz CT molecular complexity index is 1540. The summed E-state index contributed by atoms with van der Waals surface area (Å²) in [7, 11) is -1.66. The number of carbonyl (C=O) groups is 1. The maximum atomic E-state index is 12.0. The summed E-state index contributed by atoms with van der Waals surface area (Å²) >= 11 is 6.40. The molecule has 3 aliphatic carbocycles. The summed E-state index contributed by atoms with van der Waals surface area (Å²) in [4.78, 5) is 14.4. The molecule has 2 aromatic rings. The minimum Gasteiger partial charge on any atom is -0.490 e. The van der Waals surface area contributed by atoms with Gasteiger partial charge in [0.05, 0.1) is 36.8 Å². The highest BCUT2D eigenvalue weighted by Gasteiger charge is 2.45. The second-order valence-corrected chi connectivity index (χ2v) is 15.2. The van der Waals surface area contributed by atoms with Gasteiger partial charge in [0.1, 0.15) is 5.75 Å². The summed E-state index contributed by atoms with van der Waals surface area (Å²) in [5.41, 5.74) is 4.72. The Labute approximate surface area is 265 Å². The van der Waals surface area contributed by atoms with Crippen LogP contribution in [0.5, 0.6) is 5.75 Å². The third kappa shape index (κ3) is 6.52. The summed E-state index contributed by atoms with van der Waals surface area (Å²) in [6.07, 6.45) is 11.0. The summed E-state index contributed by atoms with van der Waals surface area (Å²) in [6, 6.07) is 11.4. The van der Waals surface area contributed by atoms with Crippen molar-refractivity contribution in [3.8, 4) is 5.75 Å². The summed E-state index contributed by atoms with van der Waals surface area (Å²) in [5, 5.41) is 10.6. The summed E-state index contributed by atoms with van der Waals surface area (Å²) in [6.45, 7) is 2.28. The van der Waals surface area contributed by atoms with Gasteiger partial charge in [-0.25, -0.2) is 4.79 Å². The second-order valence-electron chi connectivity index (χ2n) is 13.2. The SMILES string of the molecule is COC(C1=CC[C@H](COS(C)(=O)=O)CC1)[C@@H]1CC[C@H]1CN1CC2(CCCc3cc(Cl)ccc32)COc2ccc(C(=O)O)cc21. The van der Waals surface area contributed by atoms with E-state index in [1.54, 1.807) is 19.2 Å². The molecule has 1 heterocycles. The fourth-order valence-electron chi connectivity index (χ4n) is 7.89. The molecule has 0 radical (unpaired) electrons. The van der Waals surface area contributed by atoms with E-state index in [4.69, 9.17) is 25.3 Å². The number of benzene rings is 2. The molecule has 1 N–H and O–H groups in total. The minimum absolute atomic E-state index is 0.00471. The first-order chi connectivity index (χ1) is 21.0. The third-order valence-electron chi connectivity index (χ3n) is 10.3. The average Bonchev–Trinajstić information content (AvgIpc) is 3.13. The molecule has 6 rings (SSSR count). The van der Waals surface area contributed by atoms with E-state index < -0.39 is 16.1 Å². The highest BCUT2D eigenvalue weighted by molar-refractivity contribution is 7.85. The Hall–Kier alpha value is -2.59. The molecule has 0 bridgehead atoms. The zero-order valence-electron chi connectivity index (χ0n) is 25.5. The lowest BCUT2D eigenvalue weighted by Crippen LogP contribution is -2.50. The van der Waals surface area contributed by atoms with Crippen LogP contribution in [0.3, 0.4) is 0 Å². The summed E-state index contributed by atoms with van der Waals surface area (Å²) in [5.74, 6) is 0.680. The van der Waals surface area contributed by atoms with Crippen LogP contribution < -0.4 is 9.64 Å². The van der Waals surface area contributed by atoms with Crippen LogP contribution >= 0.6 is 11.6 Å². The van der Waals surface area contributed by atoms with Crippen molar-refractivity contribution in [1.82, 2.24) is 0 Å². The first-order valence-corrected chi connectivity index (χ1v) is 17.8. The number of halogens is 1. The smallest absolute Gasteiger partial charge is 0.335 e. The zero-order valence-corrected chi connectivity index (χ0v) is 27.0. The van der Waals surface area contributed by atoms with Crippen molar-refractivity contribution in [1.29, 1.82) is 0 Å². The van der Waals surface area contributed by atoms with E-state index in [0.29, 0.717) is 18.4 Å². The van der Waals surface area contributed by atoms with Gasteiger partial charge in [-0.3, -0.25) is 4.18 Å². The van der Waals surface area contributed by atoms with Crippen molar-refractivity contribution in [2.75, 3.05) is 44.6 Å². The lowest BCUT2D eigenvalue weighted by atomic mass is 9.66. The van der Waals surface area contributed by atoms with Gasteiger partial charge in [-0.15, -0.1) is 0 Å². The van der Waals surface area contributed by atoms with E-state index in [1.807, 2.05) is 12.1 Å². The van der Waals surface area contributed by atoms with E-state index >= 15 is 0 Å². The largest absolute Gasteiger partial charge is 0.490 e. The number of methoxy groups -OCH3 is 1. The number of carboxylic acids is 1. The van der Waals surface area contributed by atoms with E-state index in [9.17, 15) is 18.3 Å². The molecule has 4 aliphatic rings. The maximum absolute atomic E-state index is 12.0. The highest BCUT2D eigenvalue weighted by Crippen LogP contribution is 2.48. The molecule has 10 heteroatoms. The van der Waals surface area contributed by atoms with Gasteiger partial charge in [-0.2, -0.15) is 8.42 Å². The van der Waals surface area contributed by atoms with Gasteiger partial charge in [0.2, 0.25) is 0 Å². The quantitative estimate of drug-likeness (QED) is 0.253. The molecular formula is C34H42ClNO7S. The lowest BCUT2D eigenvalue weighted by molar-refractivity contribution is 0.00284. The molecule has 0 amide bonds. The van der Waals surface area contributed by atoms with E-state index in [2.05, 4.69) is 23.1 Å². The Balaban J connectivity index is 1.25. The molecular weight excluding hydrogens is 602 g/mol. The van der Waals surface area contributed by atoms with Crippen LogP contribution in [0.15, 0.2) is 48.0 Å². The van der Waals surface area contributed by atoms with Crippen LogP contribution in [0.1, 0.15) is 66.4 Å². The Morgan fingerprint density at radius 3 is 2.70 bits per heavy atom. The number of allylic oxidation sites excluding steroid dienone is 1. The first-order valence-electron chi connectivity index (χ1n) is 15.7. The Morgan fingerprint density at radius 1 is 1.18 bits per heavy atom. The molecule has 1 fully saturated rings. The topological polar surface area (TPSA) is 102 Å². The van der Waals surface area contributed by atoms with Crippen LogP contribution in [-0.4, -0.2) is 65.3 Å². The van der Waals surface area contributed by atoms with Crippen molar-refractivity contribution >= 4 is 33.4 Å². The van der Waals surface area contributed by atoms with Crippen LogP contribution in [0, 0.1) is 17.8 Å². The standard InChI is InChI=1S/C34H42ClNO7S/c1-41-32(23-7-5-22(6-8-23)19-43-44(2,39)40)28-12-9-26(28)18-36-20-34(15-3-4-24-16-27(35)11-13-29(24)34)21-42-31-14-10-25(33(37)38)17-30(31)36/h7,10-11,13-14,16-17,22,26,28,32H,3-6,8-9,12,15,18-21H2,1-2H3,(H,37,38)/t22-,26-,28+,32?,34?/m0/s1. The Morgan fingerprint density at radius 2 is 2.02 bits per heavy atom. The van der Waals surface area contributed by atoms with Crippen molar-refractivity contribution in [2.24, 2.45) is 17.8 Å². The van der Waals surface area contributed by atoms with Crippen LogP contribution in [0.2, 0.25) is 5.02 Å². The molecule has 2 unspecified atom stereocenters. The molecule has 5 atom stereocenters. The number of fused-ring (bicyclic) bond motifs is 3. The highest BCUT2D eigenvalue weighted by atomic mass is 35.5. The fourth-order valence-corrected chi connectivity index (χ4v) is 8.52. The second kappa shape index (κ2) is 12.7. The molecule has 238 valence electrons. The normalized spacial score (nSPS) is 27.3. The van der Waals surface area contributed by atoms with Crippen molar-refractivity contribution in [3.63, 3.8) is 0 Å². The maximum Gasteiger partial charge on any atom is 0.335 e. The van der Waals surface area contributed by atoms with E-state index in [1.165, 1.54) is 16.7 Å². The lowest BCUT2D eigenvalue weighted by Gasteiger charge is -2.47.